The highest BCUT2D eigenvalue weighted by Gasteiger charge is 2.12. The molecule has 6 heteroatoms. The Labute approximate surface area is 120 Å². The Hall–Kier alpha value is -1.92. The van der Waals surface area contributed by atoms with Crippen molar-refractivity contribution in [2.75, 3.05) is 5.73 Å². The molecule has 0 aliphatic carbocycles. The van der Waals surface area contributed by atoms with Crippen LogP contribution in [0.3, 0.4) is 0 Å². The molecule has 104 valence electrons. The molecule has 3 rings (SSSR count). The molecular formula is C14H15N3O2S. The van der Waals surface area contributed by atoms with Crippen LogP contribution in [-0.4, -0.2) is 9.97 Å². The van der Waals surface area contributed by atoms with Crippen LogP contribution in [0.2, 0.25) is 0 Å². The molecule has 0 saturated heterocycles. The third-order valence-corrected chi connectivity index (χ3v) is 4.26. The number of rotatable bonds is 4. The molecule has 2 N–H and O–H groups in total. The fourth-order valence-corrected chi connectivity index (χ4v) is 3.08. The predicted molar refractivity (Wildman–Crippen MR) is 78.5 cm³/mol. The highest BCUT2D eigenvalue weighted by Crippen LogP contribution is 2.31. The van der Waals surface area contributed by atoms with Crippen LogP contribution in [-0.2, 0) is 18.0 Å². The number of nitrogens with zero attached hydrogens (tertiary/aromatic N) is 2. The molecule has 0 aliphatic heterocycles. The Kier molecular flexibility index (Phi) is 3.42. The summed E-state index contributed by atoms with van der Waals surface area (Å²) in [5.41, 5.74) is 7.18. The zero-order chi connectivity index (χ0) is 14.1. The van der Waals surface area contributed by atoms with Crippen molar-refractivity contribution in [2.24, 2.45) is 0 Å². The number of hydrogen-bond acceptors (Lipinski definition) is 6. The highest BCUT2D eigenvalue weighted by molar-refractivity contribution is 7.18. The van der Waals surface area contributed by atoms with E-state index in [1.54, 1.807) is 17.6 Å². The van der Waals surface area contributed by atoms with E-state index < -0.39 is 0 Å². The van der Waals surface area contributed by atoms with Crippen molar-refractivity contribution in [1.82, 2.24) is 9.97 Å². The number of hydrogen-bond donors (Lipinski definition) is 1. The van der Waals surface area contributed by atoms with Crippen LogP contribution < -0.4 is 5.73 Å². The van der Waals surface area contributed by atoms with Gasteiger partial charge in [-0.2, -0.15) is 0 Å². The molecule has 0 radical (unpaired) electrons. The second-order valence-electron chi connectivity index (χ2n) is 4.56. The number of fused-ring (bicyclic) bond motifs is 1. The Morgan fingerprint density at radius 2 is 2.15 bits per heavy atom. The molecule has 3 aromatic rings. The first-order valence-corrected chi connectivity index (χ1v) is 7.09. The quantitative estimate of drug-likeness (QED) is 0.798. The monoisotopic (exact) mass is 289 g/mol. The van der Waals surface area contributed by atoms with Crippen molar-refractivity contribution in [3.8, 4) is 0 Å². The second kappa shape index (κ2) is 5.22. The fourth-order valence-electron chi connectivity index (χ4n) is 2.03. The van der Waals surface area contributed by atoms with Gasteiger partial charge in [-0.3, -0.25) is 0 Å². The van der Waals surface area contributed by atoms with E-state index in [0.717, 1.165) is 21.5 Å². The van der Waals surface area contributed by atoms with Crippen LogP contribution >= 0.6 is 11.3 Å². The van der Waals surface area contributed by atoms with Gasteiger partial charge in [-0.1, -0.05) is 0 Å². The van der Waals surface area contributed by atoms with Gasteiger partial charge < -0.3 is 14.9 Å². The van der Waals surface area contributed by atoms with Crippen molar-refractivity contribution < 1.29 is 9.15 Å². The van der Waals surface area contributed by atoms with E-state index in [2.05, 4.69) is 16.9 Å². The van der Waals surface area contributed by atoms with Crippen molar-refractivity contribution in [1.29, 1.82) is 0 Å². The van der Waals surface area contributed by atoms with Gasteiger partial charge in [0.1, 0.15) is 29.6 Å². The van der Waals surface area contributed by atoms with Gasteiger partial charge in [-0.15, -0.1) is 11.3 Å². The van der Waals surface area contributed by atoms with Gasteiger partial charge in [0.15, 0.2) is 5.82 Å². The molecule has 0 spiro atoms. The fraction of sp³-hybridized carbons (Fsp3) is 0.286. The first-order valence-electron chi connectivity index (χ1n) is 6.27. The van der Waals surface area contributed by atoms with Crippen LogP contribution in [0, 0.1) is 13.8 Å². The lowest BCUT2D eigenvalue weighted by Gasteiger charge is -2.04. The summed E-state index contributed by atoms with van der Waals surface area (Å²) in [6.07, 6.45) is 1.62. The lowest BCUT2D eigenvalue weighted by molar-refractivity contribution is 0.0884. The summed E-state index contributed by atoms with van der Waals surface area (Å²) in [6.45, 7) is 4.82. The summed E-state index contributed by atoms with van der Waals surface area (Å²) in [6, 6.07) is 3.70. The van der Waals surface area contributed by atoms with Crippen LogP contribution in [0.25, 0.3) is 10.2 Å². The molecule has 0 fully saturated rings. The van der Waals surface area contributed by atoms with Crippen molar-refractivity contribution in [3.63, 3.8) is 0 Å². The molecule has 0 aromatic carbocycles. The number of nitrogens with two attached hydrogens (primary N) is 1. The van der Waals surface area contributed by atoms with Crippen molar-refractivity contribution in [2.45, 2.75) is 27.1 Å². The van der Waals surface area contributed by atoms with Gasteiger partial charge in [0, 0.05) is 4.88 Å². The minimum Gasteiger partial charge on any atom is -0.467 e. The first-order chi connectivity index (χ1) is 9.65. The summed E-state index contributed by atoms with van der Waals surface area (Å²) in [5.74, 6) is 1.90. The van der Waals surface area contributed by atoms with E-state index in [9.17, 15) is 0 Å². The van der Waals surface area contributed by atoms with E-state index in [-0.39, 0.29) is 0 Å². The van der Waals surface area contributed by atoms with E-state index >= 15 is 0 Å². The van der Waals surface area contributed by atoms with Gasteiger partial charge in [-0.25, -0.2) is 9.97 Å². The average molecular weight is 289 g/mol. The number of nitrogen functional groups attached to an aromatic ring is 1. The minimum atomic E-state index is 0.316. The van der Waals surface area contributed by atoms with E-state index in [0.29, 0.717) is 24.9 Å². The molecule has 0 aliphatic rings. The summed E-state index contributed by atoms with van der Waals surface area (Å²) < 4.78 is 10.7. The van der Waals surface area contributed by atoms with Gasteiger partial charge >= 0.3 is 0 Å². The average Bonchev–Trinajstić information content (AvgIpc) is 2.99. The maximum atomic E-state index is 6.02. The summed E-state index contributed by atoms with van der Waals surface area (Å²) >= 11 is 1.63. The van der Waals surface area contributed by atoms with Gasteiger partial charge in [0.05, 0.1) is 11.6 Å². The maximum Gasteiger partial charge on any atom is 0.158 e. The minimum absolute atomic E-state index is 0.316. The number of furan rings is 1. The normalized spacial score (nSPS) is 11.3. The Balaban J connectivity index is 1.78. The third kappa shape index (κ3) is 2.39. The third-order valence-electron chi connectivity index (χ3n) is 3.16. The molecule has 0 unspecified atom stereocenters. The zero-order valence-electron chi connectivity index (χ0n) is 11.3. The van der Waals surface area contributed by atoms with E-state index in [4.69, 9.17) is 14.9 Å². The van der Waals surface area contributed by atoms with Gasteiger partial charge in [0.25, 0.3) is 0 Å². The standard InChI is InChI=1S/C14H15N3O2S/c1-8-9(2)20-14-12(8)13(15)16-11(17-14)7-18-6-10-4-3-5-19-10/h3-5H,6-7H2,1-2H3,(H2,15,16,17). The molecule has 0 atom stereocenters. The molecule has 20 heavy (non-hydrogen) atoms. The molecule has 3 aromatic heterocycles. The number of ether oxygens (including phenoxy) is 1. The molecule has 5 nitrogen and oxygen atoms in total. The first kappa shape index (κ1) is 13.1. The Morgan fingerprint density at radius 1 is 1.30 bits per heavy atom. The van der Waals surface area contributed by atoms with Crippen molar-refractivity contribution in [3.05, 3.63) is 40.4 Å². The predicted octanol–water partition coefficient (Wildman–Crippen LogP) is 3.20. The molecule has 3 heterocycles. The summed E-state index contributed by atoms with van der Waals surface area (Å²) in [4.78, 5) is 11.0. The smallest absolute Gasteiger partial charge is 0.158 e. The number of aromatic nitrogens is 2. The molecular weight excluding hydrogens is 274 g/mol. The lowest BCUT2D eigenvalue weighted by atomic mass is 10.2. The number of thiophene rings is 1. The molecule has 0 saturated carbocycles. The Bertz CT molecular complexity index is 735. The maximum absolute atomic E-state index is 6.02. The van der Waals surface area contributed by atoms with Crippen LogP contribution in [0.1, 0.15) is 22.0 Å². The van der Waals surface area contributed by atoms with E-state index in [1.165, 1.54) is 4.88 Å². The topological polar surface area (TPSA) is 74.2 Å². The van der Waals surface area contributed by atoms with Crippen molar-refractivity contribution >= 4 is 27.4 Å². The SMILES string of the molecule is Cc1sc2nc(COCc3ccco3)nc(N)c2c1C. The number of aryl methyl sites for hydroxylation is 2. The molecule has 0 bridgehead atoms. The Morgan fingerprint density at radius 3 is 2.90 bits per heavy atom. The summed E-state index contributed by atoms with van der Waals surface area (Å²) in [5, 5.41) is 0.960. The summed E-state index contributed by atoms with van der Waals surface area (Å²) in [7, 11) is 0. The molecule has 0 amide bonds. The van der Waals surface area contributed by atoms with Crippen LogP contribution in [0.5, 0.6) is 0 Å². The lowest BCUT2D eigenvalue weighted by Crippen LogP contribution is -2.02. The zero-order valence-corrected chi connectivity index (χ0v) is 12.2. The number of anilines is 1. The van der Waals surface area contributed by atoms with E-state index in [1.807, 2.05) is 19.1 Å². The van der Waals surface area contributed by atoms with Crippen LogP contribution in [0.15, 0.2) is 22.8 Å². The second-order valence-corrected chi connectivity index (χ2v) is 5.76. The van der Waals surface area contributed by atoms with Gasteiger partial charge in [0.2, 0.25) is 0 Å². The largest absolute Gasteiger partial charge is 0.467 e. The van der Waals surface area contributed by atoms with Gasteiger partial charge in [-0.05, 0) is 31.5 Å². The highest BCUT2D eigenvalue weighted by atomic mass is 32.1. The van der Waals surface area contributed by atoms with Crippen LogP contribution in [0.4, 0.5) is 5.82 Å².